The third-order valence-electron chi connectivity index (χ3n) is 3.30. The molecule has 0 bridgehead atoms. The molecule has 0 aliphatic carbocycles. The molecule has 1 aromatic heterocycles. The molecule has 20 heavy (non-hydrogen) atoms. The van der Waals surface area contributed by atoms with E-state index in [9.17, 15) is 13.2 Å². The van der Waals surface area contributed by atoms with Crippen LogP contribution in [0.1, 0.15) is 46.2 Å². The second-order valence-electron chi connectivity index (χ2n) is 5.74. The Morgan fingerprint density at radius 3 is 2.40 bits per heavy atom. The largest absolute Gasteiger partial charge is 0.313 e. The van der Waals surface area contributed by atoms with Crippen LogP contribution in [-0.4, -0.2) is 17.7 Å². The van der Waals surface area contributed by atoms with Crippen molar-refractivity contribution in [1.29, 1.82) is 0 Å². The number of hydrogen-bond donors (Lipinski definition) is 0. The summed E-state index contributed by atoms with van der Waals surface area (Å²) in [6.07, 6.45) is 5.05. The maximum absolute atomic E-state index is 12.4. The zero-order valence-corrected chi connectivity index (χ0v) is 13.6. The van der Waals surface area contributed by atoms with E-state index in [1.165, 1.54) is 6.07 Å². The first kappa shape index (κ1) is 16.7. The highest BCUT2D eigenvalue weighted by atomic mass is 32.2. The van der Waals surface area contributed by atoms with Crippen molar-refractivity contribution in [2.75, 3.05) is 0 Å². The molecular weight excluding hydrogens is 274 g/mol. The molecule has 0 N–H and O–H groups in total. The van der Waals surface area contributed by atoms with Gasteiger partial charge in [-0.1, -0.05) is 12.2 Å². The van der Waals surface area contributed by atoms with E-state index in [1.54, 1.807) is 49.8 Å². The molecule has 0 aliphatic heterocycles. The number of pyridine rings is 1. The topological polar surface area (TPSA) is 56.1 Å². The molecular formula is C15H23NO3S. The van der Waals surface area contributed by atoms with Crippen molar-refractivity contribution in [3.05, 3.63) is 46.4 Å². The summed E-state index contributed by atoms with van der Waals surface area (Å²) in [7, 11) is -3.36. The molecule has 0 atom stereocenters. The Bertz CT molecular complexity index is 652. The lowest BCUT2D eigenvalue weighted by Crippen LogP contribution is -2.31. The van der Waals surface area contributed by atoms with Crippen LogP contribution in [0.5, 0.6) is 0 Å². The van der Waals surface area contributed by atoms with Crippen LogP contribution in [0.2, 0.25) is 0 Å². The molecule has 1 rings (SSSR count). The summed E-state index contributed by atoms with van der Waals surface area (Å²) in [5, 5.41) is 0. The fraction of sp³-hybridized carbons (Fsp3) is 0.533. The van der Waals surface area contributed by atoms with Crippen molar-refractivity contribution in [1.82, 2.24) is 4.57 Å². The molecule has 4 nitrogen and oxygen atoms in total. The summed E-state index contributed by atoms with van der Waals surface area (Å²) in [6, 6.07) is 3.17. The van der Waals surface area contributed by atoms with Crippen LogP contribution in [0.15, 0.2) is 35.3 Å². The van der Waals surface area contributed by atoms with Crippen LogP contribution in [0.3, 0.4) is 0 Å². The minimum atomic E-state index is -3.36. The Hall–Kier alpha value is -1.36. The third-order valence-corrected chi connectivity index (χ3v) is 5.75. The molecule has 5 heteroatoms. The van der Waals surface area contributed by atoms with Crippen LogP contribution in [-0.2, 0) is 15.6 Å². The van der Waals surface area contributed by atoms with Crippen molar-refractivity contribution >= 4 is 9.84 Å². The maximum Gasteiger partial charge on any atom is 0.251 e. The number of rotatable bonds is 5. The summed E-state index contributed by atoms with van der Waals surface area (Å²) < 4.78 is 25.4. The highest BCUT2D eigenvalue weighted by Crippen LogP contribution is 2.22. The quantitative estimate of drug-likeness (QED) is 0.785. The lowest BCUT2D eigenvalue weighted by atomic mass is 10.2. The summed E-state index contributed by atoms with van der Waals surface area (Å²) >= 11 is 0. The van der Waals surface area contributed by atoms with Crippen molar-refractivity contribution < 1.29 is 8.42 Å². The second-order valence-corrected chi connectivity index (χ2v) is 8.31. The smallest absolute Gasteiger partial charge is 0.251 e. The summed E-state index contributed by atoms with van der Waals surface area (Å²) in [6.45, 7) is 8.94. The van der Waals surface area contributed by atoms with Gasteiger partial charge in [-0.15, -0.1) is 0 Å². The summed E-state index contributed by atoms with van der Waals surface area (Å²) in [5.41, 5.74) is 0.362. The van der Waals surface area contributed by atoms with E-state index in [2.05, 4.69) is 0 Å². The van der Waals surface area contributed by atoms with Crippen molar-refractivity contribution in [2.45, 2.75) is 51.2 Å². The van der Waals surface area contributed by atoms with E-state index < -0.39 is 14.6 Å². The zero-order valence-electron chi connectivity index (χ0n) is 12.8. The van der Waals surface area contributed by atoms with Gasteiger partial charge in [-0.05, 0) is 46.2 Å². The Morgan fingerprint density at radius 1 is 1.35 bits per heavy atom. The number of nitrogens with zero attached hydrogens (tertiary/aromatic N) is 1. The molecule has 0 aromatic carbocycles. The standard InChI is InChI=1S/C15H23NO3S/c1-6-8-15(4,5)20(18,19)11-13-7-9-16(12(2)3)14(17)10-13/h6-10,12H,11H2,1-5H3/b8-6-. The van der Waals surface area contributed by atoms with Gasteiger partial charge < -0.3 is 4.57 Å². The van der Waals surface area contributed by atoms with Gasteiger partial charge in [0.25, 0.3) is 5.56 Å². The van der Waals surface area contributed by atoms with Crippen LogP contribution in [0.25, 0.3) is 0 Å². The van der Waals surface area contributed by atoms with Crippen molar-refractivity contribution in [3.63, 3.8) is 0 Å². The van der Waals surface area contributed by atoms with Gasteiger partial charge in [0.2, 0.25) is 0 Å². The van der Waals surface area contributed by atoms with Gasteiger partial charge in [0, 0.05) is 18.3 Å². The molecule has 0 unspecified atom stereocenters. The molecule has 1 heterocycles. The molecule has 112 valence electrons. The van der Waals surface area contributed by atoms with Gasteiger partial charge in [-0.25, -0.2) is 8.42 Å². The average molecular weight is 297 g/mol. The van der Waals surface area contributed by atoms with Gasteiger partial charge >= 0.3 is 0 Å². The molecule has 0 saturated carbocycles. The van der Waals surface area contributed by atoms with Crippen LogP contribution in [0, 0.1) is 0 Å². The highest BCUT2D eigenvalue weighted by Gasteiger charge is 2.31. The number of allylic oxidation sites excluding steroid dienone is 1. The summed E-state index contributed by atoms with van der Waals surface area (Å²) in [5.74, 6) is -0.126. The maximum atomic E-state index is 12.4. The van der Waals surface area contributed by atoms with Gasteiger partial charge in [-0.2, -0.15) is 0 Å². The normalized spacial score (nSPS) is 13.3. The van der Waals surface area contributed by atoms with Crippen molar-refractivity contribution in [2.24, 2.45) is 0 Å². The Morgan fingerprint density at radius 2 is 1.95 bits per heavy atom. The van der Waals surface area contributed by atoms with Gasteiger partial charge in [-0.3, -0.25) is 4.79 Å². The molecule has 0 radical (unpaired) electrons. The first-order valence-corrected chi connectivity index (χ1v) is 8.33. The fourth-order valence-corrected chi connectivity index (χ4v) is 3.29. The van der Waals surface area contributed by atoms with Gasteiger partial charge in [0.1, 0.15) is 0 Å². The fourth-order valence-electron chi connectivity index (χ4n) is 1.96. The van der Waals surface area contributed by atoms with Gasteiger partial charge in [0.15, 0.2) is 9.84 Å². The number of aromatic nitrogens is 1. The monoisotopic (exact) mass is 297 g/mol. The Labute approximate surface area is 121 Å². The molecule has 0 fully saturated rings. The van der Waals surface area contributed by atoms with Crippen LogP contribution >= 0.6 is 0 Å². The predicted octanol–water partition coefficient (Wildman–Crippen LogP) is 2.70. The molecule has 1 aromatic rings. The average Bonchev–Trinajstić information content (AvgIpc) is 2.27. The number of sulfone groups is 1. The van der Waals surface area contributed by atoms with Crippen LogP contribution in [0.4, 0.5) is 0 Å². The minimum Gasteiger partial charge on any atom is -0.313 e. The zero-order chi connectivity index (χ0) is 15.6. The summed E-state index contributed by atoms with van der Waals surface area (Å²) in [4.78, 5) is 11.9. The van der Waals surface area contributed by atoms with Gasteiger partial charge in [0.05, 0.1) is 10.5 Å². The molecule has 0 amide bonds. The SMILES string of the molecule is C/C=C\C(C)(C)S(=O)(=O)Cc1ccn(C(C)C)c(=O)c1. The van der Waals surface area contributed by atoms with E-state index in [0.717, 1.165) is 0 Å². The number of hydrogen-bond acceptors (Lipinski definition) is 3. The lowest BCUT2D eigenvalue weighted by molar-refractivity contribution is 0.568. The highest BCUT2D eigenvalue weighted by molar-refractivity contribution is 7.92. The van der Waals surface area contributed by atoms with E-state index >= 15 is 0 Å². The Balaban J connectivity index is 3.12. The third kappa shape index (κ3) is 3.60. The first-order chi connectivity index (χ1) is 9.10. The van der Waals surface area contributed by atoms with E-state index in [1.807, 2.05) is 13.8 Å². The first-order valence-electron chi connectivity index (χ1n) is 6.68. The molecule has 0 spiro atoms. The molecule has 0 saturated heterocycles. The van der Waals surface area contributed by atoms with Crippen molar-refractivity contribution in [3.8, 4) is 0 Å². The minimum absolute atomic E-state index is 0.0626. The lowest BCUT2D eigenvalue weighted by Gasteiger charge is -2.21. The Kier molecular flexibility index (Phi) is 4.97. The second kappa shape index (κ2) is 5.95. The molecule has 0 aliphatic rings. The predicted molar refractivity (Wildman–Crippen MR) is 82.6 cm³/mol. The van der Waals surface area contributed by atoms with E-state index in [-0.39, 0.29) is 17.4 Å². The van der Waals surface area contributed by atoms with E-state index in [4.69, 9.17) is 0 Å². The van der Waals surface area contributed by atoms with Crippen LogP contribution < -0.4 is 5.56 Å². The van der Waals surface area contributed by atoms with E-state index in [0.29, 0.717) is 5.56 Å².